The first-order valence-corrected chi connectivity index (χ1v) is 4.53. The zero-order valence-corrected chi connectivity index (χ0v) is 8.24. The number of anilines is 1. The molecule has 0 bridgehead atoms. The third-order valence-corrected chi connectivity index (χ3v) is 2.32. The van der Waals surface area contributed by atoms with E-state index in [0.717, 1.165) is 0 Å². The molecule has 1 N–H and O–H groups in total. The van der Waals surface area contributed by atoms with E-state index in [0.29, 0.717) is 11.6 Å². The Morgan fingerprint density at radius 3 is 2.73 bits per heavy atom. The number of carbonyl (C=O) groups is 1. The first-order valence-electron chi connectivity index (χ1n) is 4.53. The first kappa shape index (κ1) is 9.74. The largest absolute Gasteiger partial charge is 0.446 e. The van der Waals surface area contributed by atoms with Gasteiger partial charge in [0.15, 0.2) is 11.3 Å². The van der Waals surface area contributed by atoms with Gasteiger partial charge in [0, 0.05) is 6.07 Å². The van der Waals surface area contributed by atoms with Gasteiger partial charge in [-0.2, -0.15) is 5.26 Å². The molecule has 0 atom stereocenters. The fourth-order valence-corrected chi connectivity index (χ4v) is 1.29. The Labute approximate surface area is 86.6 Å². The van der Waals surface area contributed by atoms with Gasteiger partial charge in [0.25, 0.3) is 5.91 Å². The van der Waals surface area contributed by atoms with E-state index < -0.39 is 5.41 Å². The van der Waals surface area contributed by atoms with Crippen LogP contribution in [0.4, 0.5) is 5.88 Å². The zero-order chi connectivity index (χ0) is 10.9. The van der Waals surface area contributed by atoms with Crippen LogP contribution >= 0.6 is 0 Å². The number of carbonyl (C=O) groups excluding carboxylic acids is 1. The number of hydrogen-bond acceptors (Lipinski definition) is 4. The Hall–Kier alpha value is -1.80. The topological polar surface area (TPSA) is 75.3 Å². The van der Waals surface area contributed by atoms with E-state index in [4.69, 9.17) is 14.4 Å². The lowest BCUT2D eigenvalue weighted by Crippen LogP contribution is -2.50. The molecule has 5 heteroatoms. The number of nitrogens with one attached hydrogen (secondary N) is 1. The van der Waals surface area contributed by atoms with Gasteiger partial charge in [0.1, 0.15) is 5.76 Å². The fourth-order valence-electron chi connectivity index (χ4n) is 1.29. The van der Waals surface area contributed by atoms with E-state index in [2.05, 4.69) is 5.32 Å². The van der Waals surface area contributed by atoms with Gasteiger partial charge in [-0.3, -0.25) is 10.1 Å². The number of rotatable bonds is 2. The lowest BCUT2D eigenvalue weighted by molar-refractivity contribution is -0.144. The highest BCUT2D eigenvalue weighted by Crippen LogP contribution is 2.28. The standard InChI is InChI=1S/C10H10N2O3/c1-7-2-3-8(15-7)12-9(13)10(4-11)5-14-6-10/h2-3H,5-6H2,1H3,(H,12,13). The van der Waals surface area contributed by atoms with E-state index in [1.54, 1.807) is 19.1 Å². The molecule has 5 nitrogen and oxygen atoms in total. The van der Waals surface area contributed by atoms with Gasteiger partial charge < -0.3 is 9.15 Å². The molecule has 2 rings (SSSR count). The molecule has 0 aromatic carbocycles. The molecule has 0 aliphatic carbocycles. The Kier molecular flexibility index (Phi) is 2.21. The van der Waals surface area contributed by atoms with E-state index in [1.807, 2.05) is 6.07 Å². The minimum atomic E-state index is -1.04. The van der Waals surface area contributed by atoms with Gasteiger partial charge in [-0.15, -0.1) is 0 Å². The summed E-state index contributed by atoms with van der Waals surface area (Å²) in [6, 6.07) is 5.36. The molecule has 1 aliphatic rings. The average Bonchev–Trinajstić information content (AvgIpc) is 2.50. The van der Waals surface area contributed by atoms with Crippen LogP contribution in [0.2, 0.25) is 0 Å². The highest BCUT2D eigenvalue weighted by atomic mass is 16.5. The molecule has 1 aliphatic heterocycles. The molecule has 78 valence electrons. The summed E-state index contributed by atoms with van der Waals surface area (Å²) in [7, 11) is 0. The molecule has 1 aromatic rings. The van der Waals surface area contributed by atoms with Crippen molar-refractivity contribution in [2.24, 2.45) is 5.41 Å². The quantitative estimate of drug-likeness (QED) is 0.785. The predicted octanol–water partition coefficient (Wildman–Crippen LogP) is 1.07. The molecule has 2 heterocycles. The molecular formula is C10H10N2O3. The van der Waals surface area contributed by atoms with Crippen molar-refractivity contribution in [3.05, 3.63) is 17.9 Å². The van der Waals surface area contributed by atoms with Gasteiger partial charge in [-0.25, -0.2) is 0 Å². The molecular weight excluding hydrogens is 196 g/mol. The summed E-state index contributed by atoms with van der Waals surface area (Å²) in [6.07, 6.45) is 0. The van der Waals surface area contributed by atoms with E-state index >= 15 is 0 Å². The molecule has 1 fully saturated rings. The highest BCUT2D eigenvalue weighted by Gasteiger charge is 2.46. The van der Waals surface area contributed by atoms with Gasteiger partial charge in [0.05, 0.1) is 19.3 Å². The zero-order valence-electron chi connectivity index (χ0n) is 8.24. The van der Waals surface area contributed by atoms with Crippen molar-refractivity contribution >= 4 is 11.8 Å². The van der Waals surface area contributed by atoms with Gasteiger partial charge in [-0.05, 0) is 13.0 Å². The Morgan fingerprint density at radius 2 is 2.33 bits per heavy atom. The van der Waals surface area contributed by atoms with Crippen LogP contribution in [0.5, 0.6) is 0 Å². The summed E-state index contributed by atoms with van der Waals surface area (Å²) in [6.45, 7) is 2.08. The van der Waals surface area contributed by atoms with Crippen LogP contribution in [-0.2, 0) is 9.53 Å². The van der Waals surface area contributed by atoms with Crippen molar-refractivity contribution in [3.8, 4) is 6.07 Å². The van der Waals surface area contributed by atoms with Crippen LogP contribution < -0.4 is 5.32 Å². The van der Waals surface area contributed by atoms with Crippen molar-refractivity contribution in [2.75, 3.05) is 18.5 Å². The maximum absolute atomic E-state index is 11.7. The van der Waals surface area contributed by atoms with E-state index in [1.165, 1.54) is 0 Å². The van der Waals surface area contributed by atoms with Crippen LogP contribution in [0.3, 0.4) is 0 Å². The fraction of sp³-hybridized carbons (Fsp3) is 0.400. The Balaban J connectivity index is 2.07. The molecule has 1 aromatic heterocycles. The normalized spacial score (nSPS) is 17.6. The van der Waals surface area contributed by atoms with Crippen LogP contribution in [0, 0.1) is 23.7 Å². The van der Waals surface area contributed by atoms with E-state index in [-0.39, 0.29) is 19.1 Å². The minimum Gasteiger partial charge on any atom is -0.446 e. The van der Waals surface area contributed by atoms with Crippen molar-refractivity contribution in [1.29, 1.82) is 5.26 Å². The van der Waals surface area contributed by atoms with Gasteiger partial charge in [-0.1, -0.05) is 0 Å². The highest BCUT2D eigenvalue weighted by molar-refractivity contribution is 5.97. The molecule has 1 saturated heterocycles. The summed E-state index contributed by atoms with van der Waals surface area (Å²) >= 11 is 0. The second-order valence-corrected chi connectivity index (χ2v) is 3.55. The van der Waals surface area contributed by atoms with Crippen LogP contribution in [0.15, 0.2) is 16.5 Å². The van der Waals surface area contributed by atoms with Crippen molar-refractivity contribution in [1.82, 2.24) is 0 Å². The summed E-state index contributed by atoms with van der Waals surface area (Å²) in [4.78, 5) is 11.7. The van der Waals surface area contributed by atoms with Crippen molar-refractivity contribution in [3.63, 3.8) is 0 Å². The molecule has 15 heavy (non-hydrogen) atoms. The predicted molar refractivity (Wildman–Crippen MR) is 50.9 cm³/mol. The number of hydrogen-bond donors (Lipinski definition) is 1. The lowest BCUT2D eigenvalue weighted by atomic mass is 9.87. The van der Waals surface area contributed by atoms with Crippen molar-refractivity contribution in [2.45, 2.75) is 6.92 Å². The molecule has 0 unspecified atom stereocenters. The third kappa shape index (κ3) is 1.60. The molecule has 1 amide bonds. The maximum atomic E-state index is 11.7. The molecule has 0 spiro atoms. The Bertz CT molecular complexity index is 426. The number of aryl methyl sites for hydroxylation is 1. The van der Waals surface area contributed by atoms with Crippen LogP contribution in [0.1, 0.15) is 5.76 Å². The summed E-state index contributed by atoms with van der Waals surface area (Å²) in [5.41, 5.74) is -1.04. The third-order valence-electron chi connectivity index (χ3n) is 2.32. The van der Waals surface area contributed by atoms with E-state index in [9.17, 15) is 4.79 Å². The van der Waals surface area contributed by atoms with Crippen LogP contribution in [-0.4, -0.2) is 19.1 Å². The number of nitrogens with zero attached hydrogens (tertiary/aromatic N) is 1. The SMILES string of the molecule is Cc1ccc(NC(=O)C2(C#N)COC2)o1. The lowest BCUT2D eigenvalue weighted by Gasteiger charge is -2.32. The molecule has 0 radical (unpaired) electrons. The number of furan rings is 1. The second-order valence-electron chi connectivity index (χ2n) is 3.55. The average molecular weight is 206 g/mol. The second kappa shape index (κ2) is 3.41. The number of amides is 1. The monoisotopic (exact) mass is 206 g/mol. The summed E-state index contributed by atoms with van der Waals surface area (Å²) in [5.74, 6) is 0.700. The smallest absolute Gasteiger partial charge is 0.251 e. The Morgan fingerprint density at radius 1 is 1.60 bits per heavy atom. The summed E-state index contributed by atoms with van der Waals surface area (Å²) in [5, 5.41) is 11.4. The van der Waals surface area contributed by atoms with Crippen LogP contribution in [0.25, 0.3) is 0 Å². The van der Waals surface area contributed by atoms with Crippen molar-refractivity contribution < 1.29 is 13.9 Å². The summed E-state index contributed by atoms with van der Waals surface area (Å²) < 4.78 is 10.1. The van der Waals surface area contributed by atoms with Gasteiger partial charge >= 0.3 is 0 Å². The number of ether oxygens (including phenoxy) is 1. The first-order chi connectivity index (χ1) is 7.16. The number of nitriles is 1. The molecule has 0 saturated carbocycles. The minimum absolute atomic E-state index is 0.148. The van der Waals surface area contributed by atoms with Gasteiger partial charge in [0.2, 0.25) is 0 Å². The maximum Gasteiger partial charge on any atom is 0.251 e.